The monoisotopic (exact) mass is 434 g/mol. The molecule has 0 N–H and O–H groups in total. The number of benzene rings is 1. The number of aryl methyl sites for hydroxylation is 1. The zero-order valence-electron chi connectivity index (χ0n) is 13.2. The van der Waals surface area contributed by atoms with Crippen molar-refractivity contribution in [1.82, 2.24) is 9.78 Å². The van der Waals surface area contributed by atoms with Crippen LogP contribution in [-0.2, 0) is 23.1 Å². The van der Waals surface area contributed by atoms with Crippen LogP contribution in [0, 0.1) is 5.82 Å². The fourth-order valence-electron chi connectivity index (χ4n) is 2.20. The first-order valence-electron chi connectivity index (χ1n) is 6.90. The molecule has 0 aliphatic heterocycles. The zero-order chi connectivity index (χ0) is 20.7. The summed E-state index contributed by atoms with van der Waals surface area (Å²) in [6.45, 7) is 0. The maximum Gasteiger partial charge on any atom is 0.433 e. The van der Waals surface area contributed by atoms with Crippen LogP contribution >= 0.6 is 11.6 Å². The van der Waals surface area contributed by atoms with E-state index in [4.69, 9.17) is 11.6 Å². The second kappa shape index (κ2) is 7.15. The van der Waals surface area contributed by atoms with Crippen LogP contribution in [0.2, 0.25) is 5.02 Å². The number of aromatic nitrogens is 2. The number of alkyl halides is 5. The zero-order valence-corrected chi connectivity index (χ0v) is 14.8. The van der Waals surface area contributed by atoms with Gasteiger partial charge < -0.3 is 0 Å². The van der Waals surface area contributed by atoms with Crippen molar-refractivity contribution in [2.45, 2.75) is 17.5 Å². The van der Waals surface area contributed by atoms with Gasteiger partial charge in [0.1, 0.15) is 23.0 Å². The van der Waals surface area contributed by atoms with Gasteiger partial charge in [0.2, 0.25) is 5.43 Å². The highest BCUT2D eigenvalue weighted by atomic mass is 35.5. The minimum atomic E-state index is -4.91. The lowest BCUT2D eigenvalue weighted by molar-refractivity contribution is -0.144. The van der Waals surface area contributed by atoms with Gasteiger partial charge in [-0.2, -0.15) is 18.3 Å². The van der Waals surface area contributed by atoms with Crippen LogP contribution in [0.25, 0.3) is 11.3 Å². The molecule has 0 unspecified atom stereocenters. The molecule has 13 heteroatoms. The number of halogens is 7. The van der Waals surface area contributed by atoms with Crippen molar-refractivity contribution >= 4 is 21.4 Å². The Labute approximate surface area is 153 Å². The van der Waals surface area contributed by atoms with E-state index in [0.29, 0.717) is 12.1 Å². The predicted octanol–water partition coefficient (Wildman–Crippen LogP) is 3.30. The van der Waals surface area contributed by atoms with Crippen LogP contribution in [0.5, 0.6) is 0 Å². The molecule has 1 aromatic heterocycles. The van der Waals surface area contributed by atoms with Crippen molar-refractivity contribution < 1.29 is 34.8 Å². The molecule has 0 radical (unpaired) electrons. The molecule has 2 aromatic rings. The Morgan fingerprint density at radius 1 is 1.22 bits per heavy atom. The van der Waals surface area contributed by atoms with Crippen LogP contribution in [0.4, 0.5) is 26.3 Å². The van der Waals surface area contributed by atoms with Gasteiger partial charge in [-0.05, 0) is 12.1 Å². The van der Waals surface area contributed by atoms with Gasteiger partial charge in [0.05, 0.1) is 9.92 Å². The quantitative estimate of drug-likeness (QED) is 0.547. The normalized spacial score (nSPS) is 12.6. The Morgan fingerprint density at radius 2 is 1.81 bits per heavy atom. The standard InChI is InChI=1S/C14H9ClF6N2O3S/c1-23-11(14(19,20)21)4-9(24)13(22-23)6-2-10(7(15)3-8(6)16)27(25,26)5-12(17)18/h2-4,12H,5H2,1H3. The number of hydrogen-bond acceptors (Lipinski definition) is 4. The summed E-state index contributed by atoms with van der Waals surface area (Å²) < 4.78 is 102. The SMILES string of the molecule is Cn1nc(-c2cc(S(=O)(=O)CC(F)F)c(Cl)cc2F)c(=O)cc1C(F)(F)F. The van der Waals surface area contributed by atoms with Gasteiger partial charge in [-0.15, -0.1) is 0 Å². The van der Waals surface area contributed by atoms with Crippen LogP contribution in [0.3, 0.4) is 0 Å². The Hall–Kier alpha value is -2.08. The molecule has 0 amide bonds. The van der Waals surface area contributed by atoms with E-state index in [0.717, 1.165) is 7.05 Å². The van der Waals surface area contributed by atoms with Crippen LogP contribution < -0.4 is 5.43 Å². The Balaban J connectivity index is 2.73. The molecule has 2 rings (SSSR count). The summed E-state index contributed by atoms with van der Waals surface area (Å²) in [6.07, 6.45) is -8.17. The maximum atomic E-state index is 14.2. The third-order valence-corrected chi connectivity index (χ3v) is 5.47. The first kappa shape index (κ1) is 21.2. The molecular weight excluding hydrogens is 426 g/mol. The average Bonchev–Trinajstić information content (AvgIpc) is 2.47. The minimum Gasteiger partial charge on any atom is -0.287 e. The summed E-state index contributed by atoms with van der Waals surface area (Å²) in [4.78, 5) is 11.1. The lowest BCUT2D eigenvalue weighted by atomic mass is 10.1. The Morgan fingerprint density at radius 3 is 2.33 bits per heavy atom. The Kier molecular flexibility index (Phi) is 5.62. The molecule has 0 saturated heterocycles. The summed E-state index contributed by atoms with van der Waals surface area (Å²) in [6, 6.07) is 1.10. The van der Waals surface area contributed by atoms with Crippen molar-refractivity contribution in [3.8, 4) is 11.3 Å². The largest absolute Gasteiger partial charge is 0.433 e. The smallest absolute Gasteiger partial charge is 0.287 e. The van der Waals surface area contributed by atoms with Gasteiger partial charge in [0, 0.05) is 18.7 Å². The molecule has 0 spiro atoms. The first-order chi connectivity index (χ1) is 12.2. The average molecular weight is 435 g/mol. The minimum absolute atomic E-state index is 0.156. The molecule has 0 saturated carbocycles. The molecule has 1 heterocycles. The van der Waals surface area contributed by atoms with Gasteiger partial charge in [-0.1, -0.05) is 11.6 Å². The van der Waals surface area contributed by atoms with Gasteiger partial charge in [0.15, 0.2) is 9.84 Å². The maximum absolute atomic E-state index is 14.2. The van der Waals surface area contributed by atoms with E-state index in [1.165, 1.54) is 0 Å². The van der Waals surface area contributed by atoms with E-state index in [1.54, 1.807) is 0 Å². The van der Waals surface area contributed by atoms with E-state index < -0.39 is 66.3 Å². The lowest BCUT2D eigenvalue weighted by Crippen LogP contribution is -2.23. The van der Waals surface area contributed by atoms with E-state index in [9.17, 15) is 39.6 Å². The highest BCUT2D eigenvalue weighted by Crippen LogP contribution is 2.32. The number of rotatable bonds is 4. The number of hydrogen-bond donors (Lipinski definition) is 0. The molecular formula is C14H9ClF6N2O3S. The van der Waals surface area contributed by atoms with Crippen molar-refractivity contribution in [3.05, 3.63) is 45.0 Å². The molecule has 27 heavy (non-hydrogen) atoms. The van der Waals surface area contributed by atoms with Crippen molar-refractivity contribution in [2.24, 2.45) is 7.05 Å². The summed E-state index contributed by atoms with van der Waals surface area (Å²) in [5.41, 5.74) is -4.40. The van der Waals surface area contributed by atoms with Crippen LogP contribution in [-0.4, -0.2) is 30.4 Å². The van der Waals surface area contributed by atoms with Gasteiger partial charge in [-0.25, -0.2) is 21.6 Å². The molecule has 5 nitrogen and oxygen atoms in total. The summed E-state index contributed by atoms with van der Waals surface area (Å²) >= 11 is 5.60. The van der Waals surface area contributed by atoms with E-state index >= 15 is 0 Å². The highest BCUT2D eigenvalue weighted by molar-refractivity contribution is 7.91. The molecule has 148 valence electrons. The molecule has 0 aliphatic carbocycles. The third kappa shape index (κ3) is 4.43. The third-order valence-electron chi connectivity index (χ3n) is 3.35. The summed E-state index contributed by atoms with van der Waals surface area (Å²) in [5.74, 6) is -2.88. The van der Waals surface area contributed by atoms with E-state index in [2.05, 4.69) is 5.10 Å². The predicted molar refractivity (Wildman–Crippen MR) is 82.9 cm³/mol. The van der Waals surface area contributed by atoms with E-state index in [1.807, 2.05) is 0 Å². The first-order valence-corrected chi connectivity index (χ1v) is 8.93. The highest BCUT2D eigenvalue weighted by Gasteiger charge is 2.35. The van der Waals surface area contributed by atoms with Gasteiger partial charge >= 0.3 is 6.18 Å². The molecule has 0 bridgehead atoms. The molecule has 0 fully saturated rings. The lowest BCUT2D eigenvalue weighted by Gasteiger charge is -2.13. The number of sulfone groups is 1. The molecule has 0 aliphatic rings. The van der Waals surface area contributed by atoms with Crippen molar-refractivity contribution in [1.29, 1.82) is 0 Å². The second-order valence-corrected chi connectivity index (χ2v) is 7.71. The molecule has 1 aromatic carbocycles. The second-order valence-electron chi connectivity index (χ2n) is 5.30. The topological polar surface area (TPSA) is 69.0 Å². The van der Waals surface area contributed by atoms with Crippen molar-refractivity contribution in [2.75, 3.05) is 5.75 Å². The van der Waals surface area contributed by atoms with E-state index in [-0.39, 0.29) is 10.7 Å². The van der Waals surface area contributed by atoms with Gasteiger partial charge in [-0.3, -0.25) is 9.48 Å². The molecule has 0 atom stereocenters. The fraction of sp³-hybridized carbons (Fsp3) is 0.286. The summed E-state index contributed by atoms with van der Waals surface area (Å²) in [5, 5.41) is 2.62. The van der Waals surface area contributed by atoms with Crippen LogP contribution in [0.15, 0.2) is 27.9 Å². The van der Waals surface area contributed by atoms with Crippen molar-refractivity contribution in [3.63, 3.8) is 0 Å². The van der Waals surface area contributed by atoms with Gasteiger partial charge in [0.25, 0.3) is 6.43 Å². The Bertz CT molecular complexity index is 1050. The fourth-order valence-corrected chi connectivity index (χ4v) is 3.86. The summed E-state index contributed by atoms with van der Waals surface area (Å²) in [7, 11) is -3.82. The number of nitrogens with zero attached hydrogens (tertiary/aromatic N) is 2. The van der Waals surface area contributed by atoms with Crippen LogP contribution in [0.1, 0.15) is 5.69 Å².